The Morgan fingerprint density at radius 1 is 1.47 bits per heavy atom. The number of aromatic nitrogens is 1. The van der Waals surface area contributed by atoms with E-state index in [1.165, 1.54) is 7.11 Å². The first-order chi connectivity index (χ1) is 8.26. The number of alkyl halides is 1. The fraction of sp³-hybridized carbons (Fsp3) is 0.308. The number of nitrogens with one attached hydrogen (secondary N) is 1. The van der Waals surface area contributed by atoms with Crippen LogP contribution in [0, 0.1) is 0 Å². The van der Waals surface area contributed by atoms with Crippen molar-refractivity contribution in [3.8, 4) is 0 Å². The highest BCUT2D eigenvalue weighted by molar-refractivity contribution is 6.17. The lowest BCUT2D eigenvalue weighted by atomic mass is 10.1. The van der Waals surface area contributed by atoms with E-state index >= 15 is 0 Å². The molecule has 1 aromatic heterocycles. The Balaban J connectivity index is 2.42. The fourth-order valence-corrected chi connectivity index (χ4v) is 2.02. The molecule has 0 fully saturated rings. The molecule has 0 radical (unpaired) electrons. The lowest BCUT2D eigenvalue weighted by molar-refractivity contribution is 0.0603. The number of methoxy groups -OCH3 is 1. The first-order valence-corrected chi connectivity index (χ1v) is 6.04. The predicted octanol–water partition coefficient (Wildman–Crippen LogP) is 3.13. The number of benzene rings is 1. The van der Waals surface area contributed by atoms with Crippen LogP contribution < -0.4 is 0 Å². The van der Waals surface area contributed by atoms with Gasteiger partial charge < -0.3 is 9.72 Å². The smallest absolute Gasteiger partial charge is 0.339 e. The zero-order valence-electron chi connectivity index (χ0n) is 9.63. The van der Waals surface area contributed by atoms with Crippen LogP contribution in [0.15, 0.2) is 24.3 Å². The minimum atomic E-state index is -0.318. The molecule has 1 N–H and O–H groups in total. The summed E-state index contributed by atoms with van der Waals surface area (Å²) < 4.78 is 4.75. The minimum absolute atomic E-state index is 0.318. The minimum Gasteiger partial charge on any atom is -0.465 e. The third kappa shape index (κ3) is 2.44. The normalized spacial score (nSPS) is 10.7. The van der Waals surface area contributed by atoms with Crippen LogP contribution in [0.5, 0.6) is 0 Å². The van der Waals surface area contributed by atoms with Gasteiger partial charge in [0, 0.05) is 17.0 Å². The SMILES string of the molecule is COC(=O)c1cccc2cc(CCCCl)[nH]c12. The Hall–Kier alpha value is -1.48. The standard InChI is InChI=1S/C13H14ClNO2/c1-17-13(16)11-6-2-4-9-8-10(5-3-7-14)15-12(9)11/h2,4,6,8,15H,3,5,7H2,1H3. The molecule has 0 aliphatic heterocycles. The lowest BCUT2D eigenvalue weighted by Gasteiger charge is -2.00. The molecule has 0 saturated heterocycles. The zero-order valence-corrected chi connectivity index (χ0v) is 10.4. The van der Waals surface area contributed by atoms with Crippen molar-refractivity contribution in [2.24, 2.45) is 0 Å². The summed E-state index contributed by atoms with van der Waals surface area (Å²) in [5.41, 5.74) is 2.50. The molecule has 2 rings (SSSR count). The van der Waals surface area contributed by atoms with E-state index in [9.17, 15) is 4.79 Å². The number of esters is 1. The fourth-order valence-electron chi connectivity index (χ4n) is 1.89. The van der Waals surface area contributed by atoms with E-state index in [4.69, 9.17) is 16.3 Å². The number of aryl methyl sites for hydroxylation is 1. The Bertz CT molecular complexity index is 533. The average molecular weight is 252 g/mol. The van der Waals surface area contributed by atoms with Crippen LogP contribution in [0.4, 0.5) is 0 Å². The van der Waals surface area contributed by atoms with Gasteiger partial charge in [0.1, 0.15) is 0 Å². The number of halogens is 1. The molecular formula is C13H14ClNO2. The molecule has 3 nitrogen and oxygen atoms in total. The molecule has 0 bridgehead atoms. The molecule has 0 spiro atoms. The van der Waals surface area contributed by atoms with Gasteiger partial charge >= 0.3 is 5.97 Å². The molecule has 0 unspecified atom stereocenters. The molecule has 0 amide bonds. The van der Waals surface area contributed by atoms with Crippen molar-refractivity contribution in [1.29, 1.82) is 0 Å². The predicted molar refractivity (Wildman–Crippen MR) is 68.7 cm³/mol. The van der Waals surface area contributed by atoms with Gasteiger partial charge in [0.25, 0.3) is 0 Å². The van der Waals surface area contributed by atoms with Crippen molar-refractivity contribution in [3.63, 3.8) is 0 Å². The van der Waals surface area contributed by atoms with Crippen molar-refractivity contribution in [2.45, 2.75) is 12.8 Å². The maximum absolute atomic E-state index is 11.6. The number of rotatable bonds is 4. The van der Waals surface area contributed by atoms with Gasteiger partial charge in [0.15, 0.2) is 0 Å². The number of aromatic amines is 1. The van der Waals surface area contributed by atoms with Gasteiger partial charge in [-0.3, -0.25) is 0 Å². The third-order valence-corrected chi connectivity index (χ3v) is 2.96. The van der Waals surface area contributed by atoms with Crippen molar-refractivity contribution in [3.05, 3.63) is 35.5 Å². The van der Waals surface area contributed by atoms with Gasteiger partial charge in [-0.25, -0.2) is 4.79 Å². The number of hydrogen-bond acceptors (Lipinski definition) is 2. The first kappa shape index (κ1) is 12.0. The summed E-state index contributed by atoms with van der Waals surface area (Å²) in [4.78, 5) is 14.8. The molecule has 4 heteroatoms. The van der Waals surface area contributed by atoms with Crippen LogP contribution in [-0.4, -0.2) is 23.9 Å². The molecule has 2 aromatic rings. The Morgan fingerprint density at radius 2 is 2.29 bits per heavy atom. The van der Waals surface area contributed by atoms with Gasteiger partial charge in [-0.05, 0) is 25.0 Å². The summed E-state index contributed by atoms with van der Waals surface area (Å²) in [6.07, 6.45) is 1.81. The second kappa shape index (κ2) is 5.23. The first-order valence-electron chi connectivity index (χ1n) is 5.51. The highest BCUT2D eigenvalue weighted by Gasteiger charge is 2.11. The highest BCUT2D eigenvalue weighted by atomic mass is 35.5. The topological polar surface area (TPSA) is 42.1 Å². The van der Waals surface area contributed by atoms with Crippen LogP contribution in [0.3, 0.4) is 0 Å². The maximum Gasteiger partial charge on any atom is 0.339 e. The molecular weight excluding hydrogens is 238 g/mol. The van der Waals surface area contributed by atoms with Crippen LogP contribution in [-0.2, 0) is 11.2 Å². The number of carbonyl (C=O) groups is 1. The van der Waals surface area contributed by atoms with E-state index in [1.54, 1.807) is 6.07 Å². The van der Waals surface area contributed by atoms with Crippen molar-refractivity contribution < 1.29 is 9.53 Å². The highest BCUT2D eigenvalue weighted by Crippen LogP contribution is 2.21. The zero-order chi connectivity index (χ0) is 12.3. The number of ether oxygens (including phenoxy) is 1. The van der Waals surface area contributed by atoms with Crippen molar-refractivity contribution in [1.82, 2.24) is 4.98 Å². The number of carbonyl (C=O) groups excluding carboxylic acids is 1. The van der Waals surface area contributed by atoms with E-state index in [0.717, 1.165) is 29.4 Å². The van der Waals surface area contributed by atoms with Gasteiger partial charge in [-0.2, -0.15) is 0 Å². The number of H-pyrrole nitrogens is 1. The largest absolute Gasteiger partial charge is 0.465 e. The van der Waals surface area contributed by atoms with Crippen molar-refractivity contribution in [2.75, 3.05) is 13.0 Å². The van der Waals surface area contributed by atoms with Gasteiger partial charge in [-0.1, -0.05) is 12.1 Å². The van der Waals surface area contributed by atoms with Crippen LogP contribution in [0.1, 0.15) is 22.5 Å². The van der Waals surface area contributed by atoms with E-state index < -0.39 is 0 Å². The number of para-hydroxylation sites is 1. The molecule has 17 heavy (non-hydrogen) atoms. The van der Waals surface area contributed by atoms with E-state index in [1.807, 2.05) is 18.2 Å². The Kier molecular flexibility index (Phi) is 3.69. The van der Waals surface area contributed by atoms with E-state index in [2.05, 4.69) is 4.98 Å². The van der Waals surface area contributed by atoms with Gasteiger partial charge in [0.05, 0.1) is 18.2 Å². The quantitative estimate of drug-likeness (QED) is 0.670. The van der Waals surface area contributed by atoms with E-state index in [-0.39, 0.29) is 5.97 Å². The monoisotopic (exact) mass is 251 g/mol. The summed E-state index contributed by atoms with van der Waals surface area (Å²) in [5.74, 6) is 0.320. The maximum atomic E-state index is 11.6. The summed E-state index contributed by atoms with van der Waals surface area (Å²) in [5, 5.41) is 1.03. The number of hydrogen-bond donors (Lipinski definition) is 1. The summed E-state index contributed by atoms with van der Waals surface area (Å²) >= 11 is 5.67. The number of fused-ring (bicyclic) bond motifs is 1. The molecule has 1 aromatic carbocycles. The Morgan fingerprint density at radius 3 is 3.00 bits per heavy atom. The van der Waals surface area contributed by atoms with E-state index in [0.29, 0.717) is 11.4 Å². The molecule has 0 saturated carbocycles. The summed E-state index contributed by atoms with van der Waals surface area (Å²) in [6.45, 7) is 0. The molecule has 0 atom stereocenters. The van der Waals surface area contributed by atoms with Crippen LogP contribution >= 0.6 is 11.6 Å². The second-order valence-electron chi connectivity index (χ2n) is 3.85. The molecule has 1 heterocycles. The molecule has 90 valence electrons. The van der Waals surface area contributed by atoms with Crippen LogP contribution in [0.2, 0.25) is 0 Å². The summed E-state index contributed by atoms with van der Waals surface area (Å²) in [7, 11) is 1.39. The average Bonchev–Trinajstić information content (AvgIpc) is 2.77. The third-order valence-electron chi connectivity index (χ3n) is 2.70. The van der Waals surface area contributed by atoms with Gasteiger partial charge in [0.2, 0.25) is 0 Å². The second-order valence-corrected chi connectivity index (χ2v) is 4.23. The lowest BCUT2D eigenvalue weighted by Crippen LogP contribution is -2.01. The van der Waals surface area contributed by atoms with Gasteiger partial charge in [-0.15, -0.1) is 11.6 Å². The summed E-state index contributed by atoms with van der Waals surface area (Å²) in [6, 6.07) is 7.64. The van der Waals surface area contributed by atoms with Crippen molar-refractivity contribution >= 4 is 28.5 Å². The van der Waals surface area contributed by atoms with Crippen LogP contribution in [0.25, 0.3) is 10.9 Å². The Labute approximate surface area is 105 Å². The molecule has 0 aliphatic carbocycles. The molecule has 0 aliphatic rings.